The van der Waals surface area contributed by atoms with Gasteiger partial charge in [-0.1, -0.05) is 30.0 Å². The van der Waals surface area contributed by atoms with Gasteiger partial charge in [0.2, 0.25) is 11.3 Å². The number of nitrogens with zero attached hydrogens (tertiary/aromatic N) is 6. The Labute approximate surface area is 426 Å². The molecule has 3 unspecified atom stereocenters. The van der Waals surface area contributed by atoms with E-state index in [-0.39, 0.29) is 37.0 Å². The molecule has 0 saturated carbocycles. The lowest BCUT2D eigenvalue weighted by Crippen LogP contribution is -2.39. The molecule has 22 nitrogen and oxygen atoms in total. The Morgan fingerprint density at radius 3 is 2.58 bits per heavy atom. The van der Waals surface area contributed by atoms with E-state index in [4.69, 9.17) is 24.6 Å². The Morgan fingerprint density at radius 2 is 1.80 bits per heavy atom. The first-order chi connectivity index (χ1) is 35.3. The molecule has 6 N–H and O–H groups in total. The van der Waals surface area contributed by atoms with Crippen molar-refractivity contribution in [3.05, 3.63) is 105 Å². The highest BCUT2D eigenvalue weighted by Gasteiger charge is 2.40. The predicted molar refractivity (Wildman–Crippen MR) is 270 cm³/mol. The van der Waals surface area contributed by atoms with Gasteiger partial charge in [-0.25, -0.2) is 28.0 Å². The number of anilines is 2. The number of aromatic nitrogens is 3. The van der Waals surface area contributed by atoms with Gasteiger partial charge in [0.05, 0.1) is 36.3 Å². The van der Waals surface area contributed by atoms with E-state index in [1.165, 1.54) is 28.5 Å². The molecule has 25 heteroatoms. The van der Waals surface area contributed by atoms with Gasteiger partial charge in [-0.3, -0.25) is 18.7 Å². The van der Waals surface area contributed by atoms with Crippen molar-refractivity contribution in [1.29, 1.82) is 0 Å². The number of benzene rings is 3. The molecule has 0 spiro atoms. The molecule has 5 aromatic rings. The highest BCUT2D eigenvalue weighted by atomic mass is 31.3. The van der Waals surface area contributed by atoms with Crippen LogP contribution in [0.3, 0.4) is 0 Å². The lowest BCUT2D eigenvalue weighted by atomic mass is 9.86. The van der Waals surface area contributed by atoms with E-state index >= 15 is 0 Å². The number of phosphoric acid groups is 3. The average Bonchev–Trinajstić information content (AvgIpc) is 3.99. The lowest BCUT2D eigenvalue weighted by molar-refractivity contribution is -0.212. The Morgan fingerprint density at radius 1 is 1.00 bits per heavy atom. The highest BCUT2D eigenvalue weighted by Crippen LogP contribution is 2.65. The third-order valence-electron chi connectivity index (χ3n) is 13.5. The molecule has 0 aliphatic carbocycles. The molecule has 3 aromatic carbocycles. The van der Waals surface area contributed by atoms with E-state index in [9.17, 15) is 38.0 Å². The Bertz CT molecular complexity index is 3390. The SMILES string of the molecule is CCN1CCCc2cc3c(cc21)Oc1cc2c(cc1=C3c1ccccc1C(=O)N(C)CCCC(=O)NCC#Cc1cn([C@H]3CC[C@@H](COP(=O)(O)OP(=O)(O)OP(=O)([O-])O)O3)c3ncnc(N)c13)CCC[N+]=2CC. The first-order valence-electron chi connectivity index (χ1n) is 24.3. The number of phosphoric ester groups is 1. The largest absolute Gasteiger partial charge is 0.756 e. The summed E-state index contributed by atoms with van der Waals surface area (Å²) in [6.45, 7) is 7.81. The molecule has 0 radical (unpaired) electrons. The molecule has 392 valence electrons. The van der Waals surface area contributed by atoms with Gasteiger partial charge in [-0.05, 0) is 81.7 Å². The number of nitrogens with one attached hydrogen (secondary N) is 1. The van der Waals surface area contributed by atoms with E-state index in [1.54, 1.807) is 22.7 Å². The number of aryl methyl sites for hydroxylation is 2. The molecule has 1 fully saturated rings. The Kier molecular flexibility index (Phi) is 15.6. The fourth-order valence-electron chi connectivity index (χ4n) is 10.1. The van der Waals surface area contributed by atoms with Crippen molar-refractivity contribution in [2.45, 2.75) is 77.5 Å². The van der Waals surface area contributed by atoms with Crippen LogP contribution in [0.4, 0.5) is 11.5 Å². The number of fused-ring (bicyclic) bond motifs is 5. The lowest BCUT2D eigenvalue weighted by Gasteiger charge is -2.33. The average molecular weight is 1070 g/mol. The molecule has 2 aromatic heterocycles. The fraction of sp³-hybridized carbons (Fsp3) is 0.408. The molecule has 74 heavy (non-hydrogen) atoms. The van der Waals surface area contributed by atoms with Crippen LogP contribution in [0.15, 0.2) is 61.1 Å². The van der Waals surface area contributed by atoms with E-state index in [0.717, 1.165) is 85.3 Å². The Balaban J connectivity index is 0.848. The maximum absolute atomic E-state index is 14.5. The first kappa shape index (κ1) is 53.1. The summed E-state index contributed by atoms with van der Waals surface area (Å²) in [5, 5.41) is 5.39. The first-order valence-corrected chi connectivity index (χ1v) is 28.8. The van der Waals surface area contributed by atoms with Gasteiger partial charge in [0.15, 0.2) is 0 Å². The minimum absolute atomic E-state index is 0.00893. The molecule has 6 heterocycles. The summed E-state index contributed by atoms with van der Waals surface area (Å²) >= 11 is 0. The second-order valence-corrected chi connectivity index (χ2v) is 22.7. The van der Waals surface area contributed by atoms with Crippen molar-refractivity contribution >= 4 is 63.4 Å². The number of rotatable bonds is 17. The van der Waals surface area contributed by atoms with Gasteiger partial charge < -0.3 is 54.5 Å². The maximum atomic E-state index is 14.5. The van der Waals surface area contributed by atoms with Crippen molar-refractivity contribution in [3.8, 4) is 23.3 Å². The van der Waals surface area contributed by atoms with Crippen LogP contribution in [-0.4, -0.2) is 105 Å². The number of carbonyl (C=O) groups is 2. The summed E-state index contributed by atoms with van der Waals surface area (Å²) in [6, 6.07) is 16.6. The summed E-state index contributed by atoms with van der Waals surface area (Å²) in [6.07, 6.45) is 6.52. The summed E-state index contributed by atoms with van der Waals surface area (Å²) < 4.78 is 63.7. The second kappa shape index (κ2) is 21.8. The predicted octanol–water partition coefficient (Wildman–Crippen LogP) is 4.01. The fourth-order valence-corrected chi connectivity index (χ4v) is 13.1. The monoisotopic (exact) mass is 1070 g/mol. The number of ether oxygens (including phenoxy) is 2. The van der Waals surface area contributed by atoms with Gasteiger partial charge in [-0.15, -0.1) is 0 Å². The molecule has 2 amide bonds. The van der Waals surface area contributed by atoms with Gasteiger partial charge in [-0.2, -0.15) is 4.31 Å². The number of carbonyl (C=O) groups excluding carboxylic acids is 2. The topological polar surface area (TPSA) is 293 Å². The van der Waals surface area contributed by atoms with Gasteiger partial charge in [0.1, 0.15) is 48.6 Å². The molecule has 1 saturated heterocycles. The zero-order chi connectivity index (χ0) is 52.5. The zero-order valence-electron chi connectivity index (χ0n) is 41.0. The minimum atomic E-state index is -5.80. The number of hydrogen-bond donors (Lipinski definition) is 5. The summed E-state index contributed by atoms with van der Waals surface area (Å²) in [5.74, 6) is 7.21. The standard InChI is InChI=1S/C49H57N8O14P3/c1-4-55-22-9-13-31-24-37-41(26-39(31)55)69-42-27-40-32(14-10-23-56(40)5-2)25-38(42)46(37)35-15-6-7-16-36(35)49(59)54(3)21-11-17-43(58)51-20-8-12-33-28-57(48-45(33)47(50)52-30-53-48)44-19-18-34(68-44)29-67-73(63,64)71-74(65,66)70-72(60,61)62/h6-7,15-16,24-28,30,34,44H,4-5,9-11,13-14,17-23,29H2,1-3H3,(H6-,50,51,52,53,58,60,61,62,63,64,65,66)/t34-,44+/m0/s1. The van der Waals surface area contributed by atoms with Crippen molar-refractivity contribution in [2.75, 3.05) is 63.6 Å². The normalized spacial score (nSPS) is 19.4. The van der Waals surface area contributed by atoms with Crippen molar-refractivity contribution in [1.82, 2.24) is 29.3 Å². The van der Waals surface area contributed by atoms with Crippen LogP contribution in [0.1, 0.15) is 96.8 Å². The number of hydrogen-bond acceptors (Lipinski definition) is 15. The molecule has 5 atom stereocenters. The van der Waals surface area contributed by atoms with Crippen LogP contribution in [0, 0.1) is 11.8 Å². The minimum Gasteiger partial charge on any atom is -0.756 e. The van der Waals surface area contributed by atoms with Crippen LogP contribution in [0.5, 0.6) is 11.5 Å². The van der Waals surface area contributed by atoms with Crippen LogP contribution < -0.4 is 40.7 Å². The number of amides is 2. The van der Waals surface area contributed by atoms with E-state index in [1.807, 2.05) is 24.3 Å². The smallest absolute Gasteiger partial charge is 0.487 e. The summed E-state index contributed by atoms with van der Waals surface area (Å²) in [5.41, 5.74) is 14.1. The second-order valence-electron chi connectivity index (χ2n) is 18.3. The zero-order valence-corrected chi connectivity index (χ0v) is 43.7. The van der Waals surface area contributed by atoms with Crippen molar-refractivity contribution < 1.29 is 65.5 Å². The summed E-state index contributed by atoms with van der Waals surface area (Å²) in [4.78, 5) is 78.8. The molecule has 9 rings (SSSR count). The summed E-state index contributed by atoms with van der Waals surface area (Å²) in [7, 11) is -15.2. The molecular formula is C49H57N8O14P3. The van der Waals surface area contributed by atoms with Crippen molar-refractivity contribution in [2.24, 2.45) is 0 Å². The van der Waals surface area contributed by atoms with Crippen LogP contribution in [0.2, 0.25) is 0 Å². The van der Waals surface area contributed by atoms with E-state index in [0.29, 0.717) is 41.5 Å². The van der Waals surface area contributed by atoms with Crippen LogP contribution >= 0.6 is 23.5 Å². The molecular weight excluding hydrogens is 1020 g/mol. The molecule has 4 aliphatic heterocycles. The van der Waals surface area contributed by atoms with Gasteiger partial charge >= 0.3 is 15.6 Å². The number of nitrogen functional groups attached to an aromatic ring is 1. The van der Waals surface area contributed by atoms with E-state index < -0.39 is 42.4 Å². The van der Waals surface area contributed by atoms with E-state index in [2.05, 4.69) is 83.3 Å². The molecule has 0 bridgehead atoms. The van der Waals surface area contributed by atoms with Gasteiger partial charge in [0.25, 0.3) is 13.7 Å². The maximum Gasteiger partial charge on any atom is 0.487 e. The van der Waals surface area contributed by atoms with Crippen LogP contribution in [-0.2, 0) is 49.2 Å². The Hall–Kier alpha value is -5.78. The quantitative estimate of drug-likeness (QED) is 0.0490. The molecule has 4 aliphatic rings. The van der Waals surface area contributed by atoms with Crippen LogP contribution in [0.25, 0.3) is 16.6 Å². The highest BCUT2D eigenvalue weighted by molar-refractivity contribution is 7.66. The van der Waals surface area contributed by atoms with Crippen molar-refractivity contribution in [3.63, 3.8) is 0 Å². The number of nitrogens with two attached hydrogens (primary N) is 1. The third-order valence-corrected chi connectivity index (χ3v) is 17.2. The van der Waals surface area contributed by atoms with Gasteiger partial charge in [0, 0.05) is 85.0 Å². The third kappa shape index (κ3) is 11.7.